The van der Waals surface area contributed by atoms with Crippen LogP contribution in [-0.4, -0.2) is 37.8 Å². The number of hydrogen-bond acceptors (Lipinski definition) is 5. The number of hydrogen-bond donors (Lipinski definition) is 1. The Bertz CT molecular complexity index is 1460. The third kappa shape index (κ3) is 3.96. The van der Waals surface area contributed by atoms with Crippen LogP contribution >= 0.6 is 0 Å². The van der Waals surface area contributed by atoms with Crippen molar-refractivity contribution in [2.45, 2.75) is 4.90 Å². The minimum atomic E-state index is -1.51. The van der Waals surface area contributed by atoms with E-state index in [2.05, 4.69) is 56.4 Å². The molecule has 1 atom stereocenters. The Morgan fingerprint density at radius 3 is 2.45 bits per heavy atom. The molecule has 0 aliphatic carbocycles. The van der Waals surface area contributed by atoms with Crippen molar-refractivity contribution in [3.05, 3.63) is 84.9 Å². The second kappa shape index (κ2) is 8.47. The highest BCUT2D eigenvalue weighted by Crippen LogP contribution is 2.32. The molecule has 3 heterocycles. The molecule has 0 aliphatic rings. The summed E-state index contributed by atoms with van der Waals surface area (Å²) in [6.45, 7) is 0. The fourth-order valence-electron chi connectivity index (χ4n) is 3.64. The van der Waals surface area contributed by atoms with Gasteiger partial charge in [0.1, 0.15) is 17.0 Å². The van der Waals surface area contributed by atoms with E-state index in [9.17, 15) is 4.55 Å². The van der Waals surface area contributed by atoms with Crippen LogP contribution in [0.5, 0.6) is 0 Å². The molecule has 3 aromatic heterocycles. The van der Waals surface area contributed by atoms with Gasteiger partial charge in [-0.15, -0.1) is 5.10 Å². The molecule has 0 fully saturated rings. The molecule has 0 saturated heterocycles. The zero-order valence-corrected chi connectivity index (χ0v) is 18.9. The summed E-state index contributed by atoms with van der Waals surface area (Å²) in [5.41, 5.74) is 6.31. The van der Waals surface area contributed by atoms with E-state index in [0.29, 0.717) is 10.5 Å². The van der Waals surface area contributed by atoms with Gasteiger partial charge in [0.15, 0.2) is 4.90 Å². The number of H-pyrrole nitrogens is 1. The molecule has 0 saturated carbocycles. The van der Waals surface area contributed by atoms with E-state index in [1.54, 1.807) is 36.7 Å². The van der Waals surface area contributed by atoms with E-state index in [1.807, 2.05) is 26.5 Å². The number of pyridine rings is 1. The number of aromatic amines is 1. The Morgan fingerprint density at radius 2 is 1.76 bits per heavy atom. The first-order chi connectivity index (χ1) is 16.0. The van der Waals surface area contributed by atoms with Crippen molar-refractivity contribution in [1.82, 2.24) is 19.2 Å². The number of nitrogens with one attached hydrogen (secondary N) is 1. The van der Waals surface area contributed by atoms with Crippen LogP contribution in [0.2, 0.25) is 0 Å². The zero-order chi connectivity index (χ0) is 22.9. The summed E-state index contributed by atoms with van der Waals surface area (Å²) in [4.78, 5) is 10.4. The number of fused-ring (bicyclic) bond motifs is 1. The second-order valence-electron chi connectivity index (χ2n) is 7.78. The van der Waals surface area contributed by atoms with E-state index in [1.165, 1.54) is 4.09 Å². The maximum absolute atomic E-state index is 12.9. The lowest BCUT2D eigenvalue weighted by atomic mass is 10.0. The first-order valence-electron chi connectivity index (χ1n) is 10.3. The summed E-state index contributed by atoms with van der Waals surface area (Å²) < 4.78 is 14.3. The molecule has 1 N–H and O–H groups in total. The Balaban J connectivity index is 1.47. The van der Waals surface area contributed by atoms with Crippen molar-refractivity contribution >= 4 is 28.1 Å². The zero-order valence-electron chi connectivity index (χ0n) is 18.1. The molecule has 8 heteroatoms. The van der Waals surface area contributed by atoms with E-state index < -0.39 is 11.4 Å². The Kier molecular flexibility index (Phi) is 5.34. The summed E-state index contributed by atoms with van der Waals surface area (Å²) in [7, 11) is 4.03. The topological polar surface area (TPSA) is 96.6 Å². The number of aromatic nitrogens is 4. The molecule has 5 aromatic rings. The quantitative estimate of drug-likeness (QED) is 0.393. The van der Waals surface area contributed by atoms with Gasteiger partial charge in [0.05, 0.1) is 24.0 Å². The van der Waals surface area contributed by atoms with E-state index >= 15 is 0 Å². The largest absolute Gasteiger partial charge is 0.586 e. The van der Waals surface area contributed by atoms with Gasteiger partial charge in [0.25, 0.3) is 0 Å². The average molecular weight is 453 g/mol. The van der Waals surface area contributed by atoms with Gasteiger partial charge in [-0.3, -0.25) is 0 Å². The maximum Gasteiger partial charge on any atom is 0.182 e. The number of nitrogens with zero attached hydrogens (tertiary/aromatic N) is 5. The molecule has 0 amide bonds. The fourth-order valence-corrected chi connectivity index (χ4v) is 4.57. The fraction of sp³-hybridized carbons (Fsp3) is 0.0800. The Hall–Kier alpha value is -4.06. The predicted molar refractivity (Wildman–Crippen MR) is 130 cm³/mol. The minimum Gasteiger partial charge on any atom is -0.586 e. The van der Waals surface area contributed by atoms with Crippen LogP contribution in [0.3, 0.4) is 0 Å². The molecule has 5 rings (SSSR count). The highest BCUT2D eigenvalue weighted by molar-refractivity contribution is 7.89. The molecule has 0 radical (unpaired) electrons. The predicted octanol–water partition coefficient (Wildman–Crippen LogP) is 4.60. The van der Waals surface area contributed by atoms with E-state index in [0.717, 1.165) is 39.0 Å². The SMILES string of the molecule is CN(C)c1ccc(-c2cnc3[nH]cc(-c4cnn([S@+]([O-])c5ccc(C#N)cc5)c4)c3c2)cc1. The maximum atomic E-state index is 12.9. The first-order valence-corrected chi connectivity index (χ1v) is 11.4. The highest BCUT2D eigenvalue weighted by Gasteiger charge is 2.18. The van der Waals surface area contributed by atoms with Crippen LogP contribution in [0.15, 0.2) is 84.3 Å². The smallest absolute Gasteiger partial charge is 0.182 e. The van der Waals surface area contributed by atoms with Gasteiger partial charge in [-0.05, 0) is 48.0 Å². The van der Waals surface area contributed by atoms with Gasteiger partial charge in [-0.2, -0.15) is 5.26 Å². The molecule has 0 aliphatic heterocycles. The monoisotopic (exact) mass is 452 g/mol. The standard InChI is InChI=1S/C25H20N6OS/c1-30(2)21-7-5-18(6-8-21)19-11-23-24(15-28-25(23)27-13-19)20-14-29-31(16-20)33(32)22-9-3-17(12-26)4-10-22/h3-11,13-16H,1-2H3,(H,27,28)/t33-/m1/s1. The summed E-state index contributed by atoms with van der Waals surface area (Å²) in [5, 5.41) is 14.2. The lowest BCUT2D eigenvalue weighted by Crippen LogP contribution is -2.13. The van der Waals surface area contributed by atoms with Crippen LogP contribution in [0.25, 0.3) is 33.3 Å². The van der Waals surface area contributed by atoms with Crippen molar-refractivity contribution < 1.29 is 4.55 Å². The van der Waals surface area contributed by atoms with Crippen LogP contribution in [0, 0.1) is 11.3 Å². The third-order valence-electron chi connectivity index (χ3n) is 5.47. The number of anilines is 1. The van der Waals surface area contributed by atoms with Crippen molar-refractivity contribution in [2.75, 3.05) is 19.0 Å². The van der Waals surface area contributed by atoms with Gasteiger partial charge in [0, 0.05) is 54.3 Å². The molecule has 0 unspecified atom stereocenters. The van der Waals surface area contributed by atoms with Crippen LogP contribution < -0.4 is 4.90 Å². The molecule has 0 spiro atoms. The number of rotatable bonds is 5. The molecule has 2 aromatic carbocycles. The van der Waals surface area contributed by atoms with Gasteiger partial charge >= 0.3 is 0 Å². The molecule has 33 heavy (non-hydrogen) atoms. The van der Waals surface area contributed by atoms with Gasteiger partial charge in [-0.1, -0.05) is 16.2 Å². The summed E-state index contributed by atoms with van der Waals surface area (Å²) in [5.74, 6) is 0. The lowest BCUT2D eigenvalue weighted by Gasteiger charge is -2.12. The molecular weight excluding hydrogens is 432 g/mol. The third-order valence-corrected chi connectivity index (χ3v) is 6.69. The van der Waals surface area contributed by atoms with E-state index in [4.69, 9.17) is 5.26 Å². The van der Waals surface area contributed by atoms with Crippen molar-refractivity contribution in [3.8, 4) is 28.3 Å². The number of nitriles is 1. The normalized spacial score (nSPS) is 11.9. The number of benzene rings is 2. The van der Waals surface area contributed by atoms with Crippen molar-refractivity contribution in [1.29, 1.82) is 5.26 Å². The molecular formula is C25H20N6OS. The summed E-state index contributed by atoms with van der Waals surface area (Å²) >= 11 is -1.51. The van der Waals surface area contributed by atoms with Crippen molar-refractivity contribution in [2.24, 2.45) is 0 Å². The van der Waals surface area contributed by atoms with E-state index in [-0.39, 0.29) is 0 Å². The Labute approximate surface area is 194 Å². The van der Waals surface area contributed by atoms with Crippen LogP contribution in [0.4, 0.5) is 5.69 Å². The summed E-state index contributed by atoms with van der Waals surface area (Å²) in [6.07, 6.45) is 7.21. The average Bonchev–Trinajstić information content (AvgIpc) is 3.50. The van der Waals surface area contributed by atoms with Gasteiger partial charge < -0.3 is 14.4 Å². The first kappa shape index (κ1) is 20.8. The molecule has 162 valence electrons. The van der Waals surface area contributed by atoms with Gasteiger partial charge in [0.2, 0.25) is 0 Å². The van der Waals surface area contributed by atoms with Gasteiger partial charge in [-0.25, -0.2) is 4.98 Å². The highest BCUT2D eigenvalue weighted by atomic mass is 32.2. The molecule has 7 nitrogen and oxygen atoms in total. The Morgan fingerprint density at radius 1 is 1.00 bits per heavy atom. The minimum absolute atomic E-state index is 0.523. The summed E-state index contributed by atoms with van der Waals surface area (Å²) in [6, 6.07) is 19.2. The lowest BCUT2D eigenvalue weighted by molar-refractivity contribution is 0.579. The van der Waals surface area contributed by atoms with Crippen molar-refractivity contribution in [3.63, 3.8) is 0 Å². The van der Waals surface area contributed by atoms with Crippen LogP contribution in [-0.2, 0) is 11.4 Å². The second-order valence-corrected chi connectivity index (χ2v) is 9.12. The molecule has 0 bridgehead atoms. The van der Waals surface area contributed by atoms with Crippen LogP contribution in [0.1, 0.15) is 5.56 Å².